The molecule has 0 saturated carbocycles. The Balaban J connectivity index is 1.54. The maximum absolute atomic E-state index is 4.68. The Hall–Kier alpha value is -3.14. The Morgan fingerprint density at radius 2 is 1.62 bits per heavy atom. The molecule has 1 spiro atoms. The topological polar surface area (TPSA) is 33.4 Å². The summed E-state index contributed by atoms with van der Waals surface area (Å²) in [7, 11) is 0. The first kappa shape index (κ1) is 15.1. The lowest BCUT2D eigenvalue weighted by Crippen LogP contribution is -2.48. The monoisotopic (exact) mass is 340 g/mol. The number of benzene rings is 2. The Bertz CT molecular complexity index is 987. The molecule has 4 nitrogen and oxygen atoms in total. The van der Waals surface area contributed by atoms with Gasteiger partial charge in [-0.15, -0.1) is 0 Å². The van der Waals surface area contributed by atoms with Gasteiger partial charge in [0.2, 0.25) is 0 Å². The van der Waals surface area contributed by atoms with Crippen LogP contribution in [0.25, 0.3) is 5.69 Å². The maximum atomic E-state index is 4.68. The van der Waals surface area contributed by atoms with E-state index in [-0.39, 0.29) is 5.54 Å². The number of hydrogen-bond donors (Lipinski definition) is 0. The quantitative estimate of drug-likeness (QED) is 0.702. The van der Waals surface area contributed by atoms with Gasteiger partial charge in [-0.1, -0.05) is 43.0 Å². The molecule has 128 valence electrons. The van der Waals surface area contributed by atoms with Crippen molar-refractivity contribution in [2.75, 3.05) is 5.01 Å². The zero-order valence-corrected chi connectivity index (χ0v) is 14.5. The van der Waals surface area contributed by atoms with Crippen molar-refractivity contribution in [3.05, 3.63) is 90.3 Å². The second-order valence-corrected chi connectivity index (χ2v) is 6.99. The first-order valence-corrected chi connectivity index (χ1v) is 8.98. The summed E-state index contributed by atoms with van der Waals surface area (Å²) in [5.74, 6) is 0. The predicted octanol–water partition coefficient (Wildman–Crippen LogP) is 4.16. The summed E-state index contributed by atoms with van der Waals surface area (Å²) >= 11 is 0. The van der Waals surface area contributed by atoms with Gasteiger partial charge in [0.1, 0.15) is 0 Å². The molecule has 5 rings (SSSR count). The molecule has 2 aliphatic rings. The number of aromatic nitrogens is 2. The van der Waals surface area contributed by atoms with Gasteiger partial charge in [-0.2, -0.15) is 10.2 Å². The number of nitrogens with zero attached hydrogens (tertiary/aromatic N) is 4. The Kier molecular flexibility index (Phi) is 3.32. The van der Waals surface area contributed by atoms with Crippen molar-refractivity contribution >= 4 is 11.9 Å². The van der Waals surface area contributed by atoms with E-state index in [1.54, 1.807) is 0 Å². The lowest BCUT2D eigenvalue weighted by atomic mass is 9.76. The molecule has 0 N–H and O–H groups in total. The number of fused-ring (bicyclic) bond motifs is 1. The highest BCUT2D eigenvalue weighted by Gasteiger charge is 2.46. The van der Waals surface area contributed by atoms with E-state index in [1.165, 1.54) is 11.3 Å². The van der Waals surface area contributed by atoms with Crippen molar-refractivity contribution in [1.82, 2.24) is 9.78 Å². The SMILES string of the molecule is C=C1C=NN(c2ccccc2)C12CCc1c(cnn1-c1ccccc1)C2. The molecule has 1 aliphatic carbocycles. The Morgan fingerprint density at radius 3 is 2.35 bits per heavy atom. The van der Waals surface area contributed by atoms with E-state index < -0.39 is 0 Å². The van der Waals surface area contributed by atoms with Crippen LogP contribution in [0.4, 0.5) is 5.69 Å². The second-order valence-electron chi connectivity index (χ2n) is 6.99. The van der Waals surface area contributed by atoms with E-state index >= 15 is 0 Å². The molecular formula is C22H20N4. The number of hydrazone groups is 1. The maximum Gasteiger partial charge on any atom is 0.0937 e. The molecule has 0 radical (unpaired) electrons. The fraction of sp³-hybridized carbons (Fsp3) is 0.182. The summed E-state index contributed by atoms with van der Waals surface area (Å²) in [4.78, 5) is 0. The third-order valence-corrected chi connectivity index (χ3v) is 5.55. The van der Waals surface area contributed by atoms with E-state index in [0.29, 0.717) is 0 Å². The van der Waals surface area contributed by atoms with Gasteiger partial charge in [-0.3, -0.25) is 5.01 Å². The fourth-order valence-electron chi connectivity index (χ4n) is 4.17. The number of hydrogen-bond acceptors (Lipinski definition) is 3. The molecule has 3 aromatic rings. The Morgan fingerprint density at radius 1 is 0.923 bits per heavy atom. The van der Waals surface area contributed by atoms with Gasteiger partial charge in [0, 0.05) is 12.1 Å². The van der Waals surface area contributed by atoms with E-state index in [0.717, 1.165) is 36.2 Å². The van der Waals surface area contributed by atoms with Crippen molar-refractivity contribution in [2.45, 2.75) is 24.8 Å². The molecule has 2 aromatic carbocycles. The summed E-state index contributed by atoms with van der Waals surface area (Å²) in [6.07, 6.45) is 6.74. The summed E-state index contributed by atoms with van der Waals surface area (Å²) in [6, 6.07) is 20.7. The summed E-state index contributed by atoms with van der Waals surface area (Å²) < 4.78 is 2.08. The van der Waals surface area contributed by atoms with Gasteiger partial charge in [0.25, 0.3) is 0 Å². The zero-order valence-electron chi connectivity index (χ0n) is 14.5. The highest BCUT2D eigenvalue weighted by Crippen LogP contribution is 2.43. The molecule has 1 aromatic heterocycles. The van der Waals surface area contributed by atoms with Crippen LogP contribution < -0.4 is 5.01 Å². The van der Waals surface area contributed by atoms with Gasteiger partial charge >= 0.3 is 0 Å². The van der Waals surface area contributed by atoms with Crippen LogP contribution in [-0.4, -0.2) is 21.5 Å². The van der Waals surface area contributed by atoms with E-state index in [1.807, 2.05) is 24.5 Å². The van der Waals surface area contributed by atoms with Crippen LogP contribution in [0, 0.1) is 0 Å². The third kappa shape index (κ3) is 2.15. The molecule has 26 heavy (non-hydrogen) atoms. The van der Waals surface area contributed by atoms with E-state index in [2.05, 4.69) is 75.0 Å². The van der Waals surface area contributed by atoms with Gasteiger partial charge in [0.05, 0.1) is 29.3 Å². The Labute approximate surface area is 153 Å². The first-order valence-electron chi connectivity index (χ1n) is 8.98. The van der Waals surface area contributed by atoms with E-state index in [9.17, 15) is 0 Å². The van der Waals surface area contributed by atoms with Crippen LogP contribution in [0.1, 0.15) is 17.7 Å². The van der Waals surface area contributed by atoms with Gasteiger partial charge in [-0.05, 0) is 48.2 Å². The standard InChI is InChI=1S/C22H20N4/c1-17-15-24-26(20-10-6-3-7-11-20)22(17)13-12-21-18(14-22)16-23-25(21)19-8-4-2-5-9-19/h2-11,15-16H,1,12-14H2. The fourth-order valence-corrected chi connectivity index (χ4v) is 4.17. The zero-order chi connectivity index (χ0) is 17.6. The van der Waals surface area contributed by atoms with Crippen LogP contribution in [-0.2, 0) is 12.8 Å². The van der Waals surface area contributed by atoms with Crippen molar-refractivity contribution in [2.24, 2.45) is 5.10 Å². The van der Waals surface area contributed by atoms with Gasteiger partial charge in [-0.25, -0.2) is 4.68 Å². The lowest BCUT2D eigenvalue weighted by molar-refractivity contribution is 0.420. The highest BCUT2D eigenvalue weighted by molar-refractivity contribution is 5.87. The third-order valence-electron chi connectivity index (χ3n) is 5.55. The number of anilines is 1. The van der Waals surface area contributed by atoms with Crippen molar-refractivity contribution in [3.63, 3.8) is 0 Å². The first-order chi connectivity index (χ1) is 12.8. The molecule has 1 atom stereocenters. The van der Waals surface area contributed by atoms with Crippen LogP contribution in [0.5, 0.6) is 0 Å². The molecule has 0 fully saturated rings. The lowest BCUT2D eigenvalue weighted by Gasteiger charge is -2.41. The van der Waals surface area contributed by atoms with Crippen LogP contribution in [0.2, 0.25) is 0 Å². The summed E-state index contributed by atoms with van der Waals surface area (Å²) in [6.45, 7) is 4.33. The molecule has 0 amide bonds. The average molecular weight is 340 g/mol. The predicted molar refractivity (Wildman–Crippen MR) is 105 cm³/mol. The van der Waals surface area contributed by atoms with Crippen molar-refractivity contribution in [3.8, 4) is 5.69 Å². The molecule has 1 aliphatic heterocycles. The van der Waals surface area contributed by atoms with Gasteiger partial charge < -0.3 is 0 Å². The molecule has 2 heterocycles. The van der Waals surface area contributed by atoms with Crippen LogP contribution in [0.3, 0.4) is 0 Å². The van der Waals surface area contributed by atoms with Crippen molar-refractivity contribution < 1.29 is 0 Å². The summed E-state index contributed by atoms with van der Waals surface area (Å²) in [5, 5.41) is 11.5. The normalized spacial score (nSPS) is 21.4. The average Bonchev–Trinajstić information content (AvgIpc) is 3.25. The second kappa shape index (κ2) is 5.70. The molecular weight excluding hydrogens is 320 g/mol. The smallest absolute Gasteiger partial charge is 0.0937 e. The van der Waals surface area contributed by atoms with Gasteiger partial charge in [0.15, 0.2) is 0 Å². The molecule has 0 bridgehead atoms. The van der Waals surface area contributed by atoms with Crippen LogP contribution >= 0.6 is 0 Å². The number of rotatable bonds is 2. The molecule has 1 unspecified atom stereocenters. The minimum Gasteiger partial charge on any atom is -0.255 e. The van der Waals surface area contributed by atoms with Crippen molar-refractivity contribution in [1.29, 1.82) is 0 Å². The number of para-hydroxylation sites is 2. The minimum atomic E-state index is -0.182. The largest absolute Gasteiger partial charge is 0.255 e. The molecule has 0 saturated heterocycles. The van der Waals surface area contributed by atoms with Crippen LogP contribution in [0.15, 0.2) is 84.1 Å². The minimum absolute atomic E-state index is 0.182. The summed E-state index contributed by atoms with van der Waals surface area (Å²) in [5.41, 5.74) is 5.72. The van der Waals surface area contributed by atoms with E-state index in [4.69, 9.17) is 0 Å². The molecule has 4 heteroatoms. The highest BCUT2D eigenvalue weighted by atomic mass is 15.5.